The molecule has 2 fully saturated rings. The number of hydrogen-bond donors (Lipinski definition) is 0. The minimum atomic E-state index is -0.296. The SMILES string of the molecule is Cc1cnc(N2CCO[C@]3(COCCN(CCN(C)C)C3)C2)nc1. The summed E-state index contributed by atoms with van der Waals surface area (Å²) in [4.78, 5) is 15.8. The van der Waals surface area contributed by atoms with E-state index in [2.05, 4.69) is 38.8 Å². The second kappa shape index (κ2) is 7.74. The first kappa shape index (κ1) is 17.5. The third-order valence-electron chi connectivity index (χ3n) is 4.59. The van der Waals surface area contributed by atoms with Crippen LogP contribution in [0.25, 0.3) is 0 Å². The van der Waals surface area contributed by atoms with Crippen LogP contribution in [0.15, 0.2) is 12.4 Å². The zero-order chi connectivity index (χ0) is 17.0. The van der Waals surface area contributed by atoms with E-state index in [1.54, 1.807) is 0 Å². The Morgan fingerprint density at radius 1 is 1.17 bits per heavy atom. The molecule has 0 bridgehead atoms. The van der Waals surface area contributed by atoms with Crippen LogP contribution in [0.4, 0.5) is 5.95 Å². The zero-order valence-electron chi connectivity index (χ0n) is 15.1. The maximum atomic E-state index is 6.22. The number of ether oxygens (including phenoxy) is 2. The van der Waals surface area contributed by atoms with Crippen molar-refractivity contribution in [3.8, 4) is 0 Å². The Bertz CT molecular complexity index is 524. The van der Waals surface area contributed by atoms with Crippen molar-refractivity contribution in [1.82, 2.24) is 19.8 Å². The summed E-state index contributed by atoms with van der Waals surface area (Å²) in [5.41, 5.74) is 0.782. The largest absolute Gasteiger partial charge is 0.377 e. The van der Waals surface area contributed by atoms with Crippen molar-refractivity contribution >= 4 is 5.95 Å². The van der Waals surface area contributed by atoms with Crippen LogP contribution >= 0.6 is 0 Å². The highest BCUT2D eigenvalue weighted by Crippen LogP contribution is 2.24. The molecular formula is C17H29N5O2. The van der Waals surface area contributed by atoms with E-state index in [1.165, 1.54) is 0 Å². The molecule has 3 rings (SSSR count). The topological polar surface area (TPSA) is 54.0 Å². The summed E-state index contributed by atoms with van der Waals surface area (Å²) < 4.78 is 12.1. The number of hydrogen-bond acceptors (Lipinski definition) is 7. The van der Waals surface area contributed by atoms with Gasteiger partial charge in [0, 0.05) is 45.1 Å². The van der Waals surface area contributed by atoms with Gasteiger partial charge >= 0.3 is 0 Å². The van der Waals surface area contributed by atoms with Gasteiger partial charge in [0.1, 0.15) is 5.60 Å². The lowest BCUT2D eigenvalue weighted by Crippen LogP contribution is -2.59. The Hall–Kier alpha value is -1.28. The molecule has 2 aliphatic rings. The Labute approximate surface area is 144 Å². The zero-order valence-corrected chi connectivity index (χ0v) is 15.1. The van der Waals surface area contributed by atoms with Gasteiger partial charge in [0.2, 0.25) is 5.95 Å². The molecule has 134 valence electrons. The van der Waals surface area contributed by atoms with Crippen LogP contribution in [0.1, 0.15) is 5.56 Å². The molecule has 0 radical (unpaired) electrons. The van der Waals surface area contributed by atoms with Gasteiger partial charge in [0.05, 0.1) is 26.4 Å². The van der Waals surface area contributed by atoms with Gasteiger partial charge in [-0.2, -0.15) is 0 Å². The van der Waals surface area contributed by atoms with Crippen LogP contribution in [0.2, 0.25) is 0 Å². The first-order chi connectivity index (χ1) is 11.6. The molecule has 0 unspecified atom stereocenters. The Kier molecular flexibility index (Phi) is 5.65. The van der Waals surface area contributed by atoms with Crippen LogP contribution in [0.5, 0.6) is 0 Å². The van der Waals surface area contributed by atoms with Crippen LogP contribution in [-0.2, 0) is 9.47 Å². The van der Waals surface area contributed by atoms with Crippen molar-refractivity contribution < 1.29 is 9.47 Å². The minimum absolute atomic E-state index is 0.296. The Morgan fingerprint density at radius 2 is 1.96 bits per heavy atom. The number of rotatable bonds is 4. The molecule has 0 aromatic carbocycles. The number of nitrogens with zero attached hydrogens (tertiary/aromatic N) is 5. The molecule has 2 aliphatic heterocycles. The van der Waals surface area contributed by atoms with E-state index in [4.69, 9.17) is 9.47 Å². The van der Waals surface area contributed by atoms with Crippen LogP contribution < -0.4 is 4.90 Å². The standard InChI is InChI=1S/C17H29N5O2/c1-15-10-18-16(19-11-15)22-7-9-24-17(13-22)12-21(5-4-20(2)3)6-8-23-14-17/h10-11H,4-9,12-14H2,1-3H3/t17-/m0/s1. The number of anilines is 1. The van der Waals surface area contributed by atoms with Crippen molar-refractivity contribution in [2.24, 2.45) is 0 Å². The van der Waals surface area contributed by atoms with E-state index in [-0.39, 0.29) is 5.60 Å². The predicted molar refractivity (Wildman–Crippen MR) is 93.5 cm³/mol. The van der Waals surface area contributed by atoms with Gasteiger partial charge in [-0.25, -0.2) is 9.97 Å². The van der Waals surface area contributed by atoms with Gasteiger partial charge in [-0.3, -0.25) is 4.90 Å². The van der Waals surface area contributed by atoms with Crippen molar-refractivity contribution in [2.75, 3.05) is 78.1 Å². The van der Waals surface area contributed by atoms with Crippen molar-refractivity contribution in [3.63, 3.8) is 0 Å². The predicted octanol–water partition coefficient (Wildman–Crippen LogP) is 0.254. The molecule has 0 saturated carbocycles. The lowest BCUT2D eigenvalue weighted by molar-refractivity contribution is -0.0999. The smallest absolute Gasteiger partial charge is 0.225 e. The third-order valence-corrected chi connectivity index (χ3v) is 4.59. The first-order valence-corrected chi connectivity index (χ1v) is 8.69. The monoisotopic (exact) mass is 335 g/mol. The van der Waals surface area contributed by atoms with Crippen molar-refractivity contribution in [3.05, 3.63) is 18.0 Å². The van der Waals surface area contributed by atoms with E-state index in [1.807, 2.05) is 19.3 Å². The van der Waals surface area contributed by atoms with E-state index < -0.39 is 0 Å². The molecule has 1 aromatic rings. The van der Waals surface area contributed by atoms with E-state index in [0.29, 0.717) is 13.2 Å². The fraction of sp³-hybridized carbons (Fsp3) is 0.765. The summed E-state index contributed by atoms with van der Waals surface area (Å²) in [6.45, 7) is 9.60. The van der Waals surface area contributed by atoms with Gasteiger partial charge in [0.15, 0.2) is 0 Å². The summed E-state index contributed by atoms with van der Waals surface area (Å²) in [7, 11) is 4.22. The molecule has 0 amide bonds. The highest BCUT2D eigenvalue weighted by Gasteiger charge is 2.40. The van der Waals surface area contributed by atoms with Crippen molar-refractivity contribution in [2.45, 2.75) is 12.5 Å². The second-order valence-electron chi connectivity index (χ2n) is 7.15. The minimum Gasteiger partial charge on any atom is -0.377 e. The fourth-order valence-electron chi connectivity index (χ4n) is 3.26. The average molecular weight is 335 g/mol. The molecule has 7 heteroatoms. The summed E-state index contributed by atoms with van der Waals surface area (Å²) in [6.07, 6.45) is 3.74. The van der Waals surface area contributed by atoms with Gasteiger partial charge in [-0.05, 0) is 26.6 Å². The van der Waals surface area contributed by atoms with Crippen LogP contribution in [-0.4, -0.2) is 98.6 Å². The first-order valence-electron chi connectivity index (χ1n) is 8.69. The van der Waals surface area contributed by atoms with Gasteiger partial charge in [0.25, 0.3) is 0 Å². The quantitative estimate of drug-likeness (QED) is 0.782. The normalized spacial score (nSPS) is 26.1. The maximum Gasteiger partial charge on any atom is 0.225 e. The maximum absolute atomic E-state index is 6.22. The molecule has 1 spiro atoms. The summed E-state index contributed by atoms with van der Waals surface area (Å²) >= 11 is 0. The molecule has 0 N–H and O–H groups in total. The highest BCUT2D eigenvalue weighted by atomic mass is 16.5. The fourth-order valence-corrected chi connectivity index (χ4v) is 3.26. The number of aryl methyl sites for hydroxylation is 1. The molecule has 3 heterocycles. The molecule has 2 saturated heterocycles. The summed E-state index contributed by atoms with van der Waals surface area (Å²) in [5.74, 6) is 0.785. The van der Waals surface area contributed by atoms with E-state index in [0.717, 1.165) is 57.4 Å². The number of likely N-dealkylation sites (N-methyl/N-ethyl adjacent to an activating group) is 1. The average Bonchev–Trinajstić information content (AvgIpc) is 2.76. The third kappa shape index (κ3) is 4.42. The van der Waals surface area contributed by atoms with Crippen molar-refractivity contribution in [1.29, 1.82) is 0 Å². The molecule has 1 aromatic heterocycles. The van der Waals surface area contributed by atoms with E-state index in [9.17, 15) is 0 Å². The van der Waals surface area contributed by atoms with Gasteiger partial charge in [-0.15, -0.1) is 0 Å². The lowest BCUT2D eigenvalue weighted by atomic mass is 10.0. The second-order valence-corrected chi connectivity index (χ2v) is 7.15. The number of morpholine rings is 1. The van der Waals surface area contributed by atoms with Crippen LogP contribution in [0.3, 0.4) is 0 Å². The Balaban J connectivity index is 1.69. The molecule has 7 nitrogen and oxygen atoms in total. The van der Waals surface area contributed by atoms with Gasteiger partial charge in [-0.1, -0.05) is 0 Å². The Morgan fingerprint density at radius 3 is 2.71 bits per heavy atom. The molecule has 24 heavy (non-hydrogen) atoms. The number of aromatic nitrogens is 2. The molecular weight excluding hydrogens is 306 g/mol. The summed E-state index contributed by atoms with van der Waals surface area (Å²) in [5, 5.41) is 0. The van der Waals surface area contributed by atoms with Crippen LogP contribution in [0, 0.1) is 6.92 Å². The summed E-state index contributed by atoms with van der Waals surface area (Å²) in [6, 6.07) is 0. The lowest BCUT2D eigenvalue weighted by Gasteiger charge is -2.43. The molecule has 1 atom stereocenters. The van der Waals surface area contributed by atoms with Gasteiger partial charge < -0.3 is 19.3 Å². The molecule has 0 aliphatic carbocycles. The van der Waals surface area contributed by atoms with E-state index >= 15 is 0 Å². The highest BCUT2D eigenvalue weighted by molar-refractivity contribution is 5.31.